The number of hydrogen-bond acceptors (Lipinski definition) is 3. The smallest absolute Gasteiger partial charge is 0.335 e. The zero-order valence-corrected chi connectivity index (χ0v) is 11.6. The molecule has 1 aromatic rings. The van der Waals surface area contributed by atoms with Gasteiger partial charge < -0.3 is 5.11 Å². The fourth-order valence-electron chi connectivity index (χ4n) is 1.77. The lowest BCUT2D eigenvalue weighted by atomic mass is 10.1. The van der Waals surface area contributed by atoms with Crippen LogP contribution in [0.4, 0.5) is 0 Å². The van der Waals surface area contributed by atoms with Crippen molar-refractivity contribution in [1.29, 1.82) is 0 Å². The van der Waals surface area contributed by atoms with Crippen LogP contribution in [0.25, 0.3) is 0 Å². The molecule has 0 saturated heterocycles. The highest BCUT2D eigenvalue weighted by molar-refractivity contribution is 7.91. The van der Waals surface area contributed by atoms with Crippen molar-refractivity contribution in [2.24, 2.45) is 5.92 Å². The predicted molar refractivity (Wildman–Crippen MR) is 69.6 cm³/mol. The molecule has 0 radical (unpaired) electrons. The molecule has 0 aliphatic carbocycles. The summed E-state index contributed by atoms with van der Waals surface area (Å²) in [6.45, 7) is 5.33. The summed E-state index contributed by atoms with van der Waals surface area (Å²) in [4.78, 5) is 11.1. The number of rotatable bonds is 5. The number of sulfone groups is 1. The van der Waals surface area contributed by atoms with E-state index in [2.05, 4.69) is 0 Å². The van der Waals surface area contributed by atoms with Gasteiger partial charge in [0.05, 0.1) is 16.2 Å². The minimum absolute atomic E-state index is 0.0419. The third-order valence-corrected chi connectivity index (χ3v) is 5.17. The Morgan fingerprint density at radius 2 is 2.00 bits per heavy atom. The second-order valence-electron chi connectivity index (χ2n) is 4.53. The summed E-state index contributed by atoms with van der Waals surface area (Å²) < 4.78 is 24.4. The lowest BCUT2D eigenvalue weighted by Crippen LogP contribution is -2.16. The Bertz CT molecular complexity index is 546. The molecule has 5 heteroatoms. The van der Waals surface area contributed by atoms with E-state index >= 15 is 0 Å². The lowest BCUT2D eigenvalue weighted by Gasteiger charge is -2.12. The zero-order valence-electron chi connectivity index (χ0n) is 10.8. The van der Waals surface area contributed by atoms with Crippen LogP contribution in [0.2, 0.25) is 0 Å². The molecule has 0 spiro atoms. The van der Waals surface area contributed by atoms with Crippen molar-refractivity contribution in [2.45, 2.75) is 32.1 Å². The summed E-state index contributed by atoms with van der Waals surface area (Å²) in [5.41, 5.74) is 0.355. The van der Waals surface area contributed by atoms with E-state index in [0.29, 0.717) is 5.56 Å². The predicted octanol–water partition coefficient (Wildman–Crippen LogP) is 2.51. The summed E-state index contributed by atoms with van der Waals surface area (Å²) in [5, 5.41) is 8.99. The molecular formula is C13H18O4S. The van der Waals surface area contributed by atoms with Crippen molar-refractivity contribution >= 4 is 15.8 Å². The van der Waals surface area contributed by atoms with Gasteiger partial charge in [0.25, 0.3) is 0 Å². The summed E-state index contributed by atoms with van der Waals surface area (Å²) in [5.74, 6) is -0.996. The largest absolute Gasteiger partial charge is 0.478 e. The molecule has 1 N–H and O–H groups in total. The molecular weight excluding hydrogens is 252 g/mol. The molecule has 0 saturated carbocycles. The van der Waals surface area contributed by atoms with Gasteiger partial charge in [-0.1, -0.05) is 26.3 Å². The van der Waals surface area contributed by atoms with Crippen LogP contribution in [0.1, 0.15) is 36.2 Å². The summed E-state index contributed by atoms with van der Waals surface area (Å²) in [7, 11) is -3.42. The van der Waals surface area contributed by atoms with E-state index < -0.39 is 15.8 Å². The quantitative estimate of drug-likeness (QED) is 0.892. The maximum atomic E-state index is 12.2. The second kappa shape index (κ2) is 5.52. The van der Waals surface area contributed by atoms with Crippen molar-refractivity contribution in [3.63, 3.8) is 0 Å². The van der Waals surface area contributed by atoms with Crippen LogP contribution < -0.4 is 0 Å². The van der Waals surface area contributed by atoms with Crippen molar-refractivity contribution in [1.82, 2.24) is 0 Å². The van der Waals surface area contributed by atoms with Crippen molar-refractivity contribution in [3.8, 4) is 0 Å². The fourth-order valence-corrected chi connectivity index (χ4v) is 3.79. The van der Waals surface area contributed by atoms with Gasteiger partial charge in [0.15, 0.2) is 9.84 Å². The van der Waals surface area contributed by atoms with Gasteiger partial charge in [0.2, 0.25) is 0 Å². The maximum absolute atomic E-state index is 12.2. The van der Waals surface area contributed by atoms with E-state index in [1.165, 1.54) is 25.1 Å². The van der Waals surface area contributed by atoms with E-state index in [4.69, 9.17) is 5.11 Å². The van der Waals surface area contributed by atoms with Crippen LogP contribution >= 0.6 is 0 Å². The number of aromatic carboxylic acids is 1. The molecule has 0 heterocycles. The van der Waals surface area contributed by atoms with E-state index in [1.807, 2.05) is 13.8 Å². The van der Waals surface area contributed by atoms with Crippen molar-refractivity contribution in [2.75, 3.05) is 5.75 Å². The highest BCUT2D eigenvalue weighted by Gasteiger charge is 2.22. The molecule has 1 atom stereocenters. The lowest BCUT2D eigenvalue weighted by molar-refractivity contribution is 0.0696. The molecule has 4 nitrogen and oxygen atoms in total. The highest BCUT2D eigenvalue weighted by atomic mass is 32.2. The minimum atomic E-state index is -3.42. The first-order valence-electron chi connectivity index (χ1n) is 5.85. The van der Waals surface area contributed by atoms with Crippen molar-refractivity contribution < 1.29 is 18.3 Å². The third kappa shape index (κ3) is 3.10. The van der Waals surface area contributed by atoms with Gasteiger partial charge >= 0.3 is 5.97 Å². The van der Waals surface area contributed by atoms with Gasteiger partial charge in [-0.15, -0.1) is 0 Å². The van der Waals surface area contributed by atoms with E-state index in [0.717, 1.165) is 6.42 Å². The number of carboxylic acid groups (broad SMARTS) is 1. The van der Waals surface area contributed by atoms with Gasteiger partial charge in [-0.05, 0) is 30.5 Å². The maximum Gasteiger partial charge on any atom is 0.335 e. The van der Waals surface area contributed by atoms with Crippen molar-refractivity contribution in [3.05, 3.63) is 29.3 Å². The SMILES string of the molecule is CCC(C)CS(=O)(=O)c1cccc(C(=O)O)c1C. The Balaban J connectivity index is 3.26. The van der Waals surface area contributed by atoms with E-state index in [9.17, 15) is 13.2 Å². The fraction of sp³-hybridized carbons (Fsp3) is 0.462. The Hall–Kier alpha value is -1.36. The Morgan fingerprint density at radius 3 is 2.50 bits per heavy atom. The molecule has 0 fully saturated rings. The first-order chi connectivity index (χ1) is 8.29. The van der Waals surface area contributed by atoms with Crippen LogP contribution in [0, 0.1) is 12.8 Å². The van der Waals surface area contributed by atoms with Crippen LogP contribution in [0.15, 0.2) is 23.1 Å². The first kappa shape index (κ1) is 14.7. The van der Waals surface area contributed by atoms with Crippen LogP contribution in [-0.2, 0) is 9.84 Å². The number of hydrogen-bond donors (Lipinski definition) is 1. The first-order valence-corrected chi connectivity index (χ1v) is 7.50. The summed E-state index contributed by atoms with van der Waals surface area (Å²) >= 11 is 0. The van der Waals surface area contributed by atoms with Crippen LogP contribution in [-0.4, -0.2) is 25.2 Å². The normalized spacial score (nSPS) is 13.3. The average molecular weight is 270 g/mol. The Kier molecular flexibility index (Phi) is 4.51. The Morgan fingerprint density at radius 1 is 1.39 bits per heavy atom. The van der Waals surface area contributed by atoms with Gasteiger partial charge in [0.1, 0.15) is 0 Å². The van der Waals surface area contributed by atoms with Gasteiger partial charge in [-0.25, -0.2) is 13.2 Å². The van der Waals surface area contributed by atoms with E-state index in [1.54, 1.807) is 0 Å². The number of benzene rings is 1. The van der Waals surface area contributed by atoms with Crippen LogP contribution in [0.5, 0.6) is 0 Å². The Labute approximate surface area is 108 Å². The van der Waals surface area contributed by atoms with Gasteiger partial charge in [-0.2, -0.15) is 0 Å². The summed E-state index contributed by atoms with van der Waals surface area (Å²) in [6.07, 6.45) is 0.775. The molecule has 18 heavy (non-hydrogen) atoms. The molecule has 0 aliphatic rings. The van der Waals surface area contributed by atoms with Gasteiger partial charge in [0, 0.05) is 0 Å². The summed E-state index contributed by atoms with van der Waals surface area (Å²) in [6, 6.07) is 4.36. The molecule has 100 valence electrons. The average Bonchev–Trinajstić information content (AvgIpc) is 2.27. The molecule has 0 bridgehead atoms. The zero-order chi connectivity index (χ0) is 13.9. The second-order valence-corrected chi connectivity index (χ2v) is 6.53. The standard InChI is InChI=1S/C13H18O4S/c1-4-9(2)8-18(16,17)12-7-5-6-11(10(12)3)13(14)15/h5-7,9H,4,8H2,1-3H3,(H,14,15). The monoisotopic (exact) mass is 270 g/mol. The molecule has 1 aromatic carbocycles. The molecule has 0 aliphatic heterocycles. The number of carbonyl (C=O) groups is 1. The van der Waals surface area contributed by atoms with Gasteiger partial charge in [-0.3, -0.25) is 0 Å². The third-order valence-electron chi connectivity index (χ3n) is 3.05. The molecule has 0 amide bonds. The molecule has 0 aromatic heterocycles. The van der Waals surface area contributed by atoms with Crippen LogP contribution in [0.3, 0.4) is 0 Å². The molecule has 1 unspecified atom stereocenters. The number of carboxylic acids is 1. The molecule has 1 rings (SSSR count). The van der Waals surface area contributed by atoms with E-state index in [-0.39, 0.29) is 22.1 Å². The topological polar surface area (TPSA) is 71.4 Å². The minimum Gasteiger partial charge on any atom is -0.478 e. The highest BCUT2D eigenvalue weighted by Crippen LogP contribution is 2.22.